The maximum absolute atomic E-state index is 8.14. The highest BCUT2D eigenvalue weighted by atomic mass is 32.1. The van der Waals surface area contributed by atoms with Crippen LogP contribution >= 0.6 is 11.3 Å². The molecule has 2 rings (SSSR count). The van der Waals surface area contributed by atoms with E-state index in [2.05, 4.69) is 34.3 Å². The van der Waals surface area contributed by atoms with E-state index in [1.165, 1.54) is 10.4 Å². The van der Waals surface area contributed by atoms with Crippen LogP contribution in [0, 0.1) is 0 Å². The van der Waals surface area contributed by atoms with Gasteiger partial charge in [-0.2, -0.15) is 0 Å². The van der Waals surface area contributed by atoms with Crippen molar-refractivity contribution in [1.29, 1.82) is 0 Å². The first-order valence-corrected chi connectivity index (χ1v) is 6.04. The molecular formula is C13H11N3S. The highest BCUT2D eigenvalue weighted by Crippen LogP contribution is 2.28. The second kappa shape index (κ2) is 5.89. The third-order valence-electron chi connectivity index (χ3n) is 2.22. The van der Waals surface area contributed by atoms with Crippen molar-refractivity contribution in [3.63, 3.8) is 0 Å². The fraction of sp³-hybridized carbons (Fsp3) is 0.0769. The van der Waals surface area contributed by atoms with Gasteiger partial charge < -0.3 is 0 Å². The number of hydrogen-bond donors (Lipinski definition) is 0. The Morgan fingerprint density at radius 3 is 2.76 bits per heavy atom. The fourth-order valence-electron chi connectivity index (χ4n) is 1.45. The maximum Gasteiger partial charge on any atom is 0.0443 e. The summed E-state index contributed by atoms with van der Waals surface area (Å²) in [6.45, 7) is 0.398. The monoisotopic (exact) mass is 241 g/mol. The standard InChI is InChI=1S/C13H11N3S/c14-16-15-10-4-7-12-8-9-13(17-12)11-5-2-1-3-6-11/h1-9H,10H2. The Morgan fingerprint density at radius 1 is 1.18 bits per heavy atom. The molecule has 0 atom stereocenters. The Kier molecular flexibility index (Phi) is 3.97. The molecule has 0 bridgehead atoms. The van der Waals surface area contributed by atoms with Gasteiger partial charge in [0.25, 0.3) is 0 Å². The summed E-state index contributed by atoms with van der Waals surface area (Å²) >= 11 is 1.72. The average molecular weight is 241 g/mol. The molecule has 0 radical (unpaired) electrons. The fourth-order valence-corrected chi connectivity index (χ4v) is 2.40. The molecule has 0 saturated heterocycles. The number of azide groups is 1. The first-order chi connectivity index (χ1) is 8.40. The van der Waals surface area contributed by atoms with Crippen molar-refractivity contribution in [3.05, 3.63) is 63.9 Å². The molecule has 1 heterocycles. The molecule has 17 heavy (non-hydrogen) atoms. The van der Waals surface area contributed by atoms with Crippen LogP contribution in [0.4, 0.5) is 0 Å². The summed E-state index contributed by atoms with van der Waals surface area (Å²) in [6.07, 6.45) is 3.84. The van der Waals surface area contributed by atoms with Crippen LogP contribution in [-0.4, -0.2) is 6.54 Å². The molecular weight excluding hydrogens is 230 g/mol. The molecule has 0 unspecified atom stereocenters. The van der Waals surface area contributed by atoms with Gasteiger partial charge in [-0.1, -0.05) is 41.5 Å². The Bertz CT molecular complexity index is 551. The number of rotatable bonds is 4. The van der Waals surface area contributed by atoms with Crippen LogP contribution in [0.25, 0.3) is 27.0 Å². The lowest BCUT2D eigenvalue weighted by Crippen LogP contribution is -1.67. The van der Waals surface area contributed by atoms with Crippen molar-refractivity contribution in [3.8, 4) is 10.4 Å². The van der Waals surface area contributed by atoms with Crippen LogP contribution in [0.15, 0.2) is 53.7 Å². The highest BCUT2D eigenvalue weighted by Gasteiger charge is 1.99. The van der Waals surface area contributed by atoms with E-state index in [4.69, 9.17) is 5.53 Å². The van der Waals surface area contributed by atoms with E-state index in [0.717, 1.165) is 4.88 Å². The predicted molar refractivity (Wildman–Crippen MR) is 72.8 cm³/mol. The first kappa shape index (κ1) is 11.5. The van der Waals surface area contributed by atoms with Gasteiger partial charge in [0.15, 0.2) is 0 Å². The smallest absolute Gasteiger partial charge is 0.0443 e. The molecule has 0 N–H and O–H groups in total. The molecule has 0 aliphatic heterocycles. The summed E-state index contributed by atoms with van der Waals surface area (Å²) < 4.78 is 0. The van der Waals surface area contributed by atoms with E-state index in [0.29, 0.717) is 6.54 Å². The van der Waals surface area contributed by atoms with Gasteiger partial charge in [-0.3, -0.25) is 0 Å². The number of benzene rings is 1. The van der Waals surface area contributed by atoms with Crippen LogP contribution in [-0.2, 0) is 0 Å². The van der Waals surface area contributed by atoms with Crippen LogP contribution in [0.1, 0.15) is 4.88 Å². The van der Waals surface area contributed by atoms with Crippen molar-refractivity contribution < 1.29 is 0 Å². The summed E-state index contributed by atoms with van der Waals surface area (Å²) in [5, 5.41) is 3.45. The minimum absolute atomic E-state index is 0.398. The highest BCUT2D eigenvalue weighted by molar-refractivity contribution is 7.16. The molecule has 0 saturated carbocycles. The van der Waals surface area contributed by atoms with E-state index in [-0.39, 0.29) is 0 Å². The van der Waals surface area contributed by atoms with Crippen molar-refractivity contribution in [2.75, 3.05) is 6.54 Å². The summed E-state index contributed by atoms with van der Waals surface area (Å²) in [5.74, 6) is 0. The Labute approximate surface area is 104 Å². The second-order valence-electron chi connectivity index (χ2n) is 3.38. The molecule has 4 heteroatoms. The summed E-state index contributed by atoms with van der Waals surface area (Å²) in [4.78, 5) is 5.11. The van der Waals surface area contributed by atoms with E-state index < -0.39 is 0 Å². The SMILES string of the molecule is [N-]=[N+]=NCC=Cc1ccc(-c2ccccc2)s1. The number of nitrogens with zero attached hydrogens (tertiary/aromatic N) is 3. The number of hydrogen-bond acceptors (Lipinski definition) is 2. The molecule has 0 amide bonds. The van der Waals surface area contributed by atoms with Crippen LogP contribution in [0.3, 0.4) is 0 Å². The zero-order chi connectivity index (χ0) is 11.9. The van der Waals surface area contributed by atoms with Crippen LogP contribution in [0.5, 0.6) is 0 Å². The Balaban J connectivity index is 2.11. The molecule has 1 aromatic heterocycles. The predicted octanol–water partition coefficient (Wildman–Crippen LogP) is 4.74. The van der Waals surface area contributed by atoms with E-state index in [1.807, 2.05) is 30.4 Å². The molecule has 0 aliphatic carbocycles. The van der Waals surface area contributed by atoms with Gasteiger partial charge in [-0.05, 0) is 29.3 Å². The molecule has 3 nitrogen and oxygen atoms in total. The summed E-state index contributed by atoms with van der Waals surface area (Å²) in [5.41, 5.74) is 9.37. The van der Waals surface area contributed by atoms with Gasteiger partial charge in [0, 0.05) is 21.2 Å². The van der Waals surface area contributed by atoms with Gasteiger partial charge in [-0.25, -0.2) is 0 Å². The van der Waals surface area contributed by atoms with Gasteiger partial charge >= 0.3 is 0 Å². The van der Waals surface area contributed by atoms with Crippen molar-refractivity contribution >= 4 is 17.4 Å². The molecule has 0 fully saturated rings. The Hall–Kier alpha value is -2.03. The van der Waals surface area contributed by atoms with E-state index in [1.54, 1.807) is 11.3 Å². The number of thiophene rings is 1. The second-order valence-corrected chi connectivity index (χ2v) is 4.50. The third-order valence-corrected chi connectivity index (χ3v) is 3.32. The van der Waals surface area contributed by atoms with Crippen LogP contribution in [0.2, 0.25) is 0 Å². The Morgan fingerprint density at radius 2 is 2.00 bits per heavy atom. The van der Waals surface area contributed by atoms with Crippen LogP contribution < -0.4 is 0 Å². The lowest BCUT2D eigenvalue weighted by Gasteiger charge is -1.94. The van der Waals surface area contributed by atoms with Gasteiger partial charge in [-0.15, -0.1) is 11.3 Å². The summed E-state index contributed by atoms with van der Waals surface area (Å²) in [7, 11) is 0. The zero-order valence-corrected chi connectivity index (χ0v) is 9.97. The zero-order valence-electron chi connectivity index (χ0n) is 9.15. The third kappa shape index (κ3) is 3.21. The van der Waals surface area contributed by atoms with Gasteiger partial charge in [0.05, 0.1) is 0 Å². The lowest BCUT2D eigenvalue weighted by atomic mass is 10.2. The maximum atomic E-state index is 8.14. The van der Waals surface area contributed by atoms with E-state index in [9.17, 15) is 0 Å². The first-order valence-electron chi connectivity index (χ1n) is 5.23. The molecule has 0 spiro atoms. The lowest BCUT2D eigenvalue weighted by molar-refractivity contribution is 1.22. The average Bonchev–Trinajstić information content (AvgIpc) is 2.85. The molecule has 1 aromatic carbocycles. The minimum Gasteiger partial charge on any atom is -0.136 e. The quantitative estimate of drug-likeness (QED) is 0.422. The van der Waals surface area contributed by atoms with Gasteiger partial charge in [0.1, 0.15) is 0 Å². The molecule has 84 valence electrons. The van der Waals surface area contributed by atoms with Crippen molar-refractivity contribution in [1.82, 2.24) is 0 Å². The largest absolute Gasteiger partial charge is 0.136 e. The van der Waals surface area contributed by atoms with E-state index >= 15 is 0 Å². The molecule has 0 aliphatic rings. The van der Waals surface area contributed by atoms with Gasteiger partial charge in [0.2, 0.25) is 0 Å². The topological polar surface area (TPSA) is 48.8 Å². The molecule has 2 aromatic rings. The normalized spacial score (nSPS) is 10.4. The van der Waals surface area contributed by atoms with Crippen molar-refractivity contribution in [2.45, 2.75) is 0 Å². The summed E-state index contributed by atoms with van der Waals surface area (Å²) in [6, 6.07) is 14.4. The van der Waals surface area contributed by atoms with Crippen molar-refractivity contribution in [2.24, 2.45) is 5.11 Å². The minimum atomic E-state index is 0.398.